The highest BCUT2D eigenvalue weighted by molar-refractivity contribution is 9.13. The van der Waals surface area contributed by atoms with Gasteiger partial charge in [-0.05, 0) is 55.5 Å². The van der Waals surface area contributed by atoms with E-state index in [4.69, 9.17) is 4.74 Å². The molecule has 2 aromatic rings. The molecule has 0 amide bonds. The van der Waals surface area contributed by atoms with Gasteiger partial charge in [-0.1, -0.05) is 24.3 Å². The maximum atomic E-state index is 12.4. The predicted molar refractivity (Wildman–Crippen MR) is 87.5 cm³/mol. The first kappa shape index (κ1) is 14.4. The molecule has 2 heterocycles. The van der Waals surface area contributed by atoms with Gasteiger partial charge in [0.25, 0.3) is 0 Å². The third-order valence-corrected chi connectivity index (χ3v) is 6.68. The van der Waals surface area contributed by atoms with Crippen LogP contribution in [0.3, 0.4) is 0 Å². The van der Waals surface area contributed by atoms with Gasteiger partial charge in [0, 0.05) is 10.9 Å². The van der Waals surface area contributed by atoms with Gasteiger partial charge >= 0.3 is 0 Å². The summed E-state index contributed by atoms with van der Waals surface area (Å²) in [6, 6.07) is 10.1. The van der Waals surface area contributed by atoms with Gasteiger partial charge in [0.15, 0.2) is 5.78 Å². The molecule has 20 heavy (non-hydrogen) atoms. The maximum Gasteiger partial charge on any atom is 0.175 e. The molecule has 1 aliphatic heterocycles. The summed E-state index contributed by atoms with van der Waals surface area (Å²) in [6.45, 7) is 0.687. The molecule has 1 atom stereocenters. The van der Waals surface area contributed by atoms with Crippen LogP contribution in [0, 0.1) is 0 Å². The lowest BCUT2D eigenvalue weighted by Gasteiger charge is -2.25. The summed E-state index contributed by atoms with van der Waals surface area (Å²) in [5.74, 6) is 0.128. The van der Waals surface area contributed by atoms with E-state index in [1.54, 1.807) is 0 Å². The lowest BCUT2D eigenvalue weighted by Crippen LogP contribution is -2.18. The number of rotatable bonds is 3. The highest BCUT2D eigenvalue weighted by Crippen LogP contribution is 2.35. The Labute approximate surface area is 138 Å². The average Bonchev–Trinajstić information content (AvgIpc) is 2.79. The second-order valence-electron chi connectivity index (χ2n) is 4.67. The van der Waals surface area contributed by atoms with Crippen LogP contribution in [0.1, 0.15) is 33.3 Å². The largest absolute Gasteiger partial charge is 0.373 e. The van der Waals surface area contributed by atoms with Crippen LogP contribution < -0.4 is 0 Å². The van der Waals surface area contributed by atoms with Crippen LogP contribution in [0.25, 0.3) is 0 Å². The monoisotopic (exact) mass is 414 g/mol. The normalized spacial score (nSPS) is 17.8. The van der Waals surface area contributed by atoms with Crippen LogP contribution in [0.2, 0.25) is 0 Å². The Morgan fingerprint density at radius 1 is 1.35 bits per heavy atom. The third kappa shape index (κ3) is 2.91. The Hall–Kier alpha value is -0.490. The highest BCUT2D eigenvalue weighted by atomic mass is 79.9. The second kappa shape index (κ2) is 6.10. The zero-order valence-corrected chi connectivity index (χ0v) is 14.6. The number of halogens is 2. The summed E-state index contributed by atoms with van der Waals surface area (Å²) in [6.07, 6.45) is 1.21. The molecule has 1 aliphatic rings. The standard InChI is InChI=1S/C15H12Br2O2S/c16-11-7-14(20-15(11)17)12(18)8-13-10-4-2-1-3-9(10)5-6-19-13/h1-4,7,13H,5-6,8H2. The molecule has 0 radical (unpaired) electrons. The van der Waals surface area contributed by atoms with E-state index < -0.39 is 0 Å². The van der Waals surface area contributed by atoms with E-state index in [9.17, 15) is 4.79 Å². The number of hydrogen-bond donors (Lipinski definition) is 0. The molecule has 0 bridgehead atoms. The molecule has 0 saturated carbocycles. The molecule has 3 rings (SSSR count). The van der Waals surface area contributed by atoms with Crippen molar-refractivity contribution in [1.29, 1.82) is 0 Å². The first-order valence-corrected chi connectivity index (χ1v) is 8.73. The van der Waals surface area contributed by atoms with Crippen LogP contribution in [-0.2, 0) is 11.2 Å². The minimum Gasteiger partial charge on any atom is -0.373 e. The van der Waals surface area contributed by atoms with E-state index in [1.807, 2.05) is 18.2 Å². The fraction of sp³-hybridized carbons (Fsp3) is 0.267. The molecule has 0 spiro atoms. The van der Waals surface area contributed by atoms with E-state index >= 15 is 0 Å². The van der Waals surface area contributed by atoms with Crippen molar-refractivity contribution in [3.63, 3.8) is 0 Å². The SMILES string of the molecule is O=C(CC1OCCc2ccccc21)c1cc(Br)c(Br)s1. The second-order valence-corrected chi connectivity index (χ2v) is 7.89. The Bertz CT molecular complexity index is 632. The van der Waals surface area contributed by atoms with Gasteiger partial charge < -0.3 is 4.74 Å². The molecule has 5 heteroatoms. The van der Waals surface area contributed by atoms with Gasteiger partial charge in [0.05, 0.1) is 21.4 Å². The van der Waals surface area contributed by atoms with Crippen LogP contribution in [0.5, 0.6) is 0 Å². The van der Waals surface area contributed by atoms with Gasteiger partial charge in [-0.2, -0.15) is 0 Å². The summed E-state index contributed by atoms with van der Waals surface area (Å²) in [5.41, 5.74) is 2.45. The zero-order chi connectivity index (χ0) is 14.1. The van der Waals surface area contributed by atoms with E-state index in [-0.39, 0.29) is 11.9 Å². The van der Waals surface area contributed by atoms with E-state index in [1.165, 1.54) is 16.9 Å². The van der Waals surface area contributed by atoms with Crippen LogP contribution in [0.15, 0.2) is 38.6 Å². The molecule has 104 valence electrons. The van der Waals surface area contributed by atoms with Crippen LogP contribution in [-0.4, -0.2) is 12.4 Å². The maximum absolute atomic E-state index is 12.4. The minimum absolute atomic E-state index is 0.118. The number of carbonyl (C=O) groups is 1. The number of benzene rings is 1. The molecule has 0 fully saturated rings. The van der Waals surface area contributed by atoms with Crippen molar-refractivity contribution in [3.05, 3.63) is 54.6 Å². The molecule has 0 N–H and O–H groups in total. The van der Waals surface area contributed by atoms with Crippen molar-refractivity contribution in [2.24, 2.45) is 0 Å². The van der Waals surface area contributed by atoms with Gasteiger partial charge in [-0.15, -0.1) is 11.3 Å². The summed E-state index contributed by atoms with van der Waals surface area (Å²) >= 11 is 8.30. The van der Waals surface area contributed by atoms with Crippen molar-refractivity contribution < 1.29 is 9.53 Å². The Morgan fingerprint density at radius 2 is 2.15 bits per heavy atom. The van der Waals surface area contributed by atoms with Crippen molar-refractivity contribution >= 4 is 49.0 Å². The molecule has 1 aromatic carbocycles. The van der Waals surface area contributed by atoms with Crippen LogP contribution in [0.4, 0.5) is 0 Å². The van der Waals surface area contributed by atoms with Gasteiger partial charge in [-0.3, -0.25) is 4.79 Å². The first-order chi connectivity index (χ1) is 9.65. The van der Waals surface area contributed by atoms with Crippen molar-refractivity contribution in [3.8, 4) is 0 Å². The quantitative estimate of drug-likeness (QED) is 0.647. The lowest BCUT2D eigenvalue weighted by atomic mass is 9.94. The number of hydrogen-bond acceptors (Lipinski definition) is 3. The van der Waals surface area contributed by atoms with Crippen LogP contribution >= 0.6 is 43.2 Å². The number of fused-ring (bicyclic) bond motifs is 1. The number of thiophene rings is 1. The molecule has 0 saturated heterocycles. The fourth-order valence-electron chi connectivity index (χ4n) is 2.40. The lowest BCUT2D eigenvalue weighted by molar-refractivity contribution is 0.0353. The number of ketones is 1. The summed E-state index contributed by atoms with van der Waals surface area (Å²) < 4.78 is 7.67. The highest BCUT2D eigenvalue weighted by Gasteiger charge is 2.24. The van der Waals surface area contributed by atoms with Gasteiger partial charge in [0.1, 0.15) is 0 Å². The summed E-state index contributed by atoms with van der Waals surface area (Å²) in [7, 11) is 0. The average molecular weight is 416 g/mol. The number of Topliss-reactive ketones (excluding diaryl/α,β-unsaturated/α-hetero) is 1. The smallest absolute Gasteiger partial charge is 0.175 e. The Balaban J connectivity index is 1.80. The topological polar surface area (TPSA) is 26.3 Å². The van der Waals surface area contributed by atoms with E-state index in [0.717, 1.165) is 25.1 Å². The molecular formula is C15H12Br2O2S. The van der Waals surface area contributed by atoms with Crippen molar-refractivity contribution in [2.75, 3.05) is 6.61 Å². The molecule has 2 nitrogen and oxygen atoms in total. The molecule has 0 aliphatic carbocycles. The number of carbonyl (C=O) groups excluding carboxylic acids is 1. The minimum atomic E-state index is -0.118. The van der Waals surface area contributed by atoms with Gasteiger partial charge in [0.2, 0.25) is 0 Å². The summed E-state index contributed by atoms with van der Waals surface area (Å²) in [5, 5.41) is 0. The van der Waals surface area contributed by atoms with Crippen molar-refractivity contribution in [2.45, 2.75) is 18.9 Å². The third-order valence-electron chi connectivity index (χ3n) is 3.38. The van der Waals surface area contributed by atoms with Crippen molar-refractivity contribution in [1.82, 2.24) is 0 Å². The predicted octanol–water partition coefficient (Wildman–Crippen LogP) is 5.16. The summed E-state index contributed by atoms with van der Waals surface area (Å²) in [4.78, 5) is 13.1. The van der Waals surface area contributed by atoms with E-state index in [0.29, 0.717) is 13.0 Å². The Kier molecular flexibility index (Phi) is 4.40. The fourth-order valence-corrected chi connectivity index (χ4v) is 4.38. The molecular weight excluding hydrogens is 404 g/mol. The molecule has 1 aromatic heterocycles. The number of ether oxygens (including phenoxy) is 1. The Morgan fingerprint density at radius 3 is 2.90 bits per heavy atom. The van der Waals surface area contributed by atoms with E-state index in [2.05, 4.69) is 44.0 Å². The first-order valence-electron chi connectivity index (χ1n) is 6.32. The zero-order valence-electron chi connectivity index (χ0n) is 10.6. The van der Waals surface area contributed by atoms with Gasteiger partial charge in [-0.25, -0.2) is 0 Å². The molecule has 1 unspecified atom stereocenters.